The van der Waals surface area contributed by atoms with E-state index < -0.39 is 10.0 Å². The van der Waals surface area contributed by atoms with Gasteiger partial charge in [0.2, 0.25) is 10.0 Å². The lowest BCUT2D eigenvalue weighted by atomic mass is 10.2. The number of hydrogen-bond acceptors (Lipinski definition) is 4. The zero-order chi connectivity index (χ0) is 17.7. The Morgan fingerprint density at radius 3 is 2.38 bits per heavy atom. The van der Waals surface area contributed by atoms with Gasteiger partial charge in [-0.05, 0) is 43.3 Å². The van der Waals surface area contributed by atoms with Crippen LogP contribution in [-0.2, 0) is 10.0 Å². The number of amides is 1. The predicted octanol–water partition coefficient (Wildman–Crippen LogP) is 2.73. The molecule has 2 rings (SSSR count). The number of carbonyl (C=O) groups excluding carboxylic acids is 1. The number of rotatable bonds is 6. The van der Waals surface area contributed by atoms with Crippen molar-refractivity contribution in [3.63, 3.8) is 0 Å². The van der Waals surface area contributed by atoms with E-state index in [0.717, 1.165) is 6.26 Å². The summed E-state index contributed by atoms with van der Waals surface area (Å²) in [5.41, 5.74) is 1.58. The van der Waals surface area contributed by atoms with Crippen LogP contribution in [0.25, 0.3) is 0 Å². The summed E-state index contributed by atoms with van der Waals surface area (Å²) in [5, 5.41) is 2.78. The summed E-state index contributed by atoms with van der Waals surface area (Å²) in [6.45, 7) is 2.08. The zero-order valence-corrected chi connectivity index (χ0v) is 14.6. The molecule has 0 aliphatic heterocycles. The second kappa shape index (κ2) is 7.35. The van der Waals surface area contributed by atoms with E-state index in [9.17, 15) is 13.2 Å². The summed E-state index contributed by atoms with van der Waals surface area (Å²) in [5.74, 6) is 0.368. The lowest BCUT2D eigenvalue weighted by molar-refractivity contribution is 0.102. The molecule has 128 valence electrons. The fraction of sp³-hybridized carbons (Fsp3) is 0.235. The number of methoxy groups -OCH3 is 1. The number of hydrogen-bond donors (Lipinski definition) is 1. The summed E-state index contributed by atoms with van der Waals surface area (Å²) >= 11 is 0. The van der Waals surface area contributed by atoms with Gasteiger partial charge < -0.3 is 10.1 Å². The number of nitrogens with one attached hydrogen (secondary N) is 1. The van der Waals surface area contributed by atoms with Gasteiger partial charge in [0.1, 0.15) is 5.75 Å². The smallest absolute Gasteiger partial charge is 0.255 e. The van der Waals surface area contributed by atoms with Crippen molar-refractivity contribution in [3.05, 3.63) is 54.1 Å². The fourth-order valence-electron chi connectivity index (χ4n) is 2.29. The molecular weight excluding hydrogens is 328 g/mol. The third-order valence-corrected chi connectivity index (χ3v) is 4.70. The summed E-state index contributed by atoms with van der Waals surface area (Å²) in [4.78, 5) is 12.3. The molecule has 0 saturated heterocycles. The molecule has 24 heavy (non-hydrogen) atoms. The van der Waals surface area contributed by atoms with Crippen molar-refractivity contribution in [2.45, 2.75) is 6.92 Å². The summed E-state index contributed by atoms with van der Waals surface area (Å²) < 4.78 is 29.8. The summed E-state index contributed by atoms with van der Waals surface area (Å²) in [6.07, 6.45) is 1.15. The lowest BCUT2D eigenvalue weighted by Gasteiger charge is -2.20. The first-order valence-corrected chi connectivity index (χ1v) is 9.23. The number of anilines is 2. The quantitative estimate of drug-likeness (QED) is 0.871. The van der Waals surface area contributed by atoms with Gasteiger partial charge in [0.25, 0.3) is 5.91 Å². The Morgan fingerprint density at radius 1 is 1.17 bits per heavy atom. The molecule has 1 N–H and O–H groups in total. The minimum absolute atomic E-state index is 0.280. The van der Waals surface area contributed by atoms with Gasteiger partial charge in [0, 0.05) is 23.9 Å². The normalized spacial score (nSPS) is 11.0. The number of carbonyl (C=O) groups is 1. The molecule has 0 radical (unpaired) electrons. The number of nitrogens with zero attached hydrogens (tertiary/aromatic N) is 1. The highest BCUT2D eigenvalue weighted by molar-refractivity contribution is 7.92. The van der Waals surface area contributed by atoms with Crippen molar-refractivity contribution in [2.24, 2.45) is 0 Å². The van der Waals surface area contributed by atoms with E-state index in [2.05, 4.69) is 5.32 Å². The Bertz CT molecular complexity index is 817. The van der Waals surface area contributed by atoms with Crippen LogP contribution in [0, 0.1) is 0 Å². The molecule has 2 aromatic rings. The molecule has 0 unspecified atom stereocenters. The molecule has 0 heterocycles. The van der Waals surface area contributed by atoms with Crippen molar-refractivity contribution in [3.8, 4) is 5.75 Å². The zero-order valence-electron chi connectivity index (χ0n) is 13.8. The molecule has 0 aliphatic rings. The molecule has 2 aromatic carbocycles. The van der Waals surface area contributed by atoms with E-state index in [-0.39, 0.29) is 5.91 Å². The number of ether oxygens (including phenoxy) is 1. The van der Waals surface area contributed by atoms with Gasteiger partial charge in [-0.15, -0.1) is 0 Å². The molecular formula is C17H20N2O4S. The van der Waals surface area contributed by atoms with Crippen LogP contribution < -0.4 is 14.4 Å². The van der Waals surface area contributed by atoms with E-state index in [1.54, 1.807) is 62.6 Å². The fourth-order valence-corrected chi connectivity index (χ4v) is 3.27. The monoisotopic (exact) mass is 348 g/mol. The maximum absolute atomic E-state index is 12.3. The van der Waals surface area contributed by atoms with Gasteiger partial charge in [-0.1, -0.05) is 6.07 Å². The summed E-state index contributed by atoms with van der Waals surface area (Å²) in [7, 11) is -1.78. The average Bonchev–Trinajstić information content (AvgIpc) is 2.55. The third-order valence-electron chi connectivity index (χ3n) is 3.43. The SMILES string of the molecule is CCN(c1ccc(C(=O)Nc2cccc(OC)c2)cc1)S(C)(=O)=O. The van der Waals surface area contributed by atoms with E-state index in [1.165, 1.54) is 4.31 Å². The first-order valence-electron chi connectivity index (χ1n) is 7.38. The van der Waals surface area contributed by atoms with Gasteiger partial charge in [-0.25, -0.2) is 8.42 Å². The van der Waals surface area contributed by atoms with Gasteiger partial charge in [-0.3, -0.25) is 9.10 Å². The number of benzene rings is 2. The van der Waals surface area contributed by atoms with Crippen LogP contribution in [0.2, 0.25) is 0 Å². The first kappa shape index (κ1) is 17.8. The standard InChI is InChI=1S/C17H20N2O4S/c1-4-19(24(3,21)22)15-10-8-13(9-11-15)17(20)18-14-6-5-7-16(12-14)23-2/h5-12H,4H2,1-3H3,(H,18,20). The van der Waals surface area contributed by atoms with Gasteiger partial charge in [0.15, 0.2) is 0 Å². The van der Waals surface area contributed by atoms with E-state index in [1.807, 2.05) is 0 Å². The largest absolute Gasteiger partial charge is 0.497 e. The topological polar surface area (TPSA) is 75.7 Å². The van der Waals surface area contributed by atoms with Gasteiger partial charge in [0.05, 0.1) is 19.1 Å². The minimum atomic E-state index is -3.34. The molecule has 0 saturated carbocycles. The van der Waals surface area contributed by atoms with Crippen LogP contribution >= 0.6 is 0 Å². The Balaban J connectivity index is 2.16. The molecule has 0 atom stereocenters. The Hall–Kier alpha value is -2.54. The molecule has 0 aliphatic carbocycles. The van der Waals surface area contributed by atoms with E-state index in [0.29, 0.717) is 29.2 Å². The van der Waals surface area contributed by atoms with Crippen molar-refractivity contribution in [1.82, 2.24) is 0 Å². The highest BCUT2D eigenvalue weighted by Crippen LogP contribution is 2.20. The Morgan fingerprint density at radius 2 is 1.83 bits per heavy atom. The van der Waals surface area contributed by atoms with Crippen molar-refractivity contribution in [2.75, 3.05) is 29.5 Å². The van der Waals surface area contributed by atoms with Crippen LogP contribution in [0.4, 0.5) is 11.4 Å². The third kappa shape index (κ3) is 4.26. The van der Waals surface area contributed by atoms with E-state index in [4.69, 9.17) is 4.74 Å². The van der Waals surface area contributed by atoms with Crippen LogP contribution in [0.1, 0.15) is 17.3 Å². The highest BCUT2D eigenvalue weighted by Gasteiger charge is 2.15. The van der Waals surface area contributed by atoms with Gasteiger partial charge in [-0.2, -0.15) is 0 Å². The predicted molar refractivity (Wildman–Crippen MR) is 95.3 cm³/mol. The van der Waals surface area contributed by atoms with Crippen LogP contribution in [0.5, 0.6) is 5.75 Å². The van der Waals surface area contributed by atoms with Crippen LogP contribution in [0.15, 0.2) is 48.5 Å². The summed E-state index contributed by atoms with van der Waals surface area (Å²) in [6, 6.07) is 13.5. The molecule has 1 amide bonds. The first-order chi connectivity index (χ1) is 11.3. The Kier molecular flexibility index (Phi) is 5.46. The molecule has 0 fully saturated rings. The van der Waals surface area contributed by atoms with Crippen molar-refractivity contribution >= 4 is 27.3 Å². The number of sulfonamides is 1. The molecule has 6 nitrogen and oxygen atoms in total. The molecule has 0 aromatic heterocycles. The molecule has 0 spiro atoms. The van der Waals surface area contributed by atoms with Crippen LogP contribution in [-0.4, -0.2) is 34.2 Å². The molecule has 7 heteroatoms. The minimum Gasteiger partial charge on any atom is -0.497 e. The highest BCUT2D eigenvalue weighted by atomic mass is 32.2. The van der Waals surface area contributed by atoms with Crippen molar-refractivity contribution in [1.29, 1.82) is 0 Å². The maximum Gasteiger partial charge on any atom is 0.255 e. The van der Waals surface area contributed by atoms with E-state index >= 15 is 0 Å². The second-order valence-electron chi connectivity index (χ2n) is 5.16. The maximum atomic E-state index is 12.3. The Labute approximate surface area is 142 Å². The van der Waals surface area contributed by atoms with Crippen molar-refractivity contribution < 1.29 is 17.9 Å². The van der Waals surface area contributed by atoms with Gasteiger partial charge >= 0.3 is 0 Å². The molecule has 0 bridgehead atoms. The van der Waals surface area contributed by atoms with Crippen LogP contribution in [0.3, 0.4) is 0 Å². The lowest BCUT2D eigenvalue weighted by Crippen LogP contribution is -2.29. The second-order valence-corrected chi connectivity index (χ2v) is 7.07. The average molecular weight is 348 g/mol.